The van der Waals surface area contributed by atoms with Gasteiger partial charge in [0.15, 0.2) is 0 Å². The van der Waals surface area contributed by atoms with Gasteiger partial charge in [0.1, 0.15) is 5.75 Å². The lowest BCUT2D eigenvalue weighted by atomic mass is 10.1. The van der Waals surface area contributed by atoms with E-state index in [9.17, 15) is 4.79 Å². The van der Waals surface area contributed by atoms with E-state index in [0.717, 1.165) is 38.3 Å². The van der Waals surface area contributed by atoms with Crippen LogP contribution in [-0.2, 0) is 4.79 Å². The van der Waals surface area contributed by atoms with E-state index < -0.39 is 0 Å². The smallest absolute Gasteiger partial charge is 0.222 e. The summed E-state index contributed by atoms with van der Waals surface area (Å²) in [5.74, 6) is 1.10. The second-order valence-corrected chi connectivity index (χ2v) is 6.42. The molecule has 1 heterocycles. The summed E-state index contributed by atoms with van der Waals surface area (Å²) in [7, 11) is 0. The summed E-state index contributed by atoms with van der Waals surface area (Å²) in [6.45, 7) is 6.12. The maximum absolute atomic E-state index is 12.4. The fourth-order valence-electron chi connectivity index (χ4n) is 3.20. The van der Waals surface area contributed by atoms with Crippen molar-refractivity contribution in [2.45, 2.75) is 19.8 Å². The summed E-state index contributed by atoms with van der Waals surface area (Å²) in [6, 6.07) is 18.2. The van der Waals surface area contributed by atoms with Crippen molar-refractivity contribution in [2.75, 3.05) is 37.7 Å². The van der Waals surface area contributed by atoms with Gasteiger partial charge in [-0.05, 0) is 37.1 Å². The van der Waals surface area contributed by atoms with Crippen molar-refractivity contribution in [3.05, 3.63) is 60.2 Å². The van der Waals surface area contributed by atoms with E-state index >= 15 is 0 Å². The molecule has 1 aliphatic rings. The Balaban J connectivity index is 1.39. The van der Waals surface area contributed by atoms with Crippen LogP contribution >= 0.6 is 0 Å². The van der Waals surface area contributed by atoms with Gasteiger partial charge in [-0.2, -0.15) is 0 Å². The largest absolute Gasteiger partial charge is 0.494 e. The van der Waals surface area contributed by atoms with Crippen molar-refractivity contribution in [3.8, 4) is 5.75 Å². The molecule has 0 unspecified atom stereocenters. The molecule has 3 rings (SSSR count). The van der Waals surface area contributed by atoms with Gasteiger partial charge in [0.2, 0.25) is 5.91 Å². The van der Waals surface area contributed by atoms with Crippen LogP contribution in [0.15, 0.2) is 54.6 Å². The Hall–Kier alpha value is -2.49. The lowest BCUT2D eigenvalue weighted by Crippen LogP contribution is -2.49. The Morgan fingerprint density at radius 1 is 0.960 bits per heavy atom. The maximum atomic E-state index is 12.4. The van der Waals surface area contributed by atoms with Crippen LogP contribution in [0.5, 0.6) is 5.75 Å². The molecular weight excluding hydrogens is 312 g/mol. The van der Waals surface area contributed by atoms with Gasteiger partial charge in [-0.25, -0.2) is 0 Å². The fourth-order valence-corrected chi connectivity index (χ4v) is 3.20. The quantitative estimate of drug-likeness (QED) is 0.756. The number of amides is 1. The Labute approximate surface area is 150 Å². The predicted molar refractivity (Wildman–Crippen MR) is 101 cm³/mol. The monoisotopic (exact) mass is 338 g/mol. The molecule has 25 heavy (non-hydrogen) atoms. The van der Waals surface area contributed by atoms with Crippen LogP contribution in [0.2, 0.25) is 0 Å². The summed E-state index contributed by atoms with van der Waals surface area (Å²) in [5.41, 5.74) is 2.58. The summed E-state index contributed by atoms with van der Waals surface area (Å²) < 4.78 is 5.65. The molecule has 2 aromatic carbocycles. The number of hydrogen-bond donors (Lipinski definition) is 0. The van der Waals surface area contributed by atoms with E-state index in [-0.39, 0.29) is 5.91 Å². The molecule has 4 heteroatoms. The van der Waals surface area contributed by atoms with Crippen LogP contribution in [0.1, 0.15) is 18.4 Å². The molecule has 0 spiro atoms. The average molecular weight is 338 g/mol. The number of hydrogen-bond acceptors (Lipinski definition) is 3. The van der Waals surface area contributed by atoms with Crippen molar-refractivity contribution in [2.24, 2.45) is 0 Å². The van der Waals surface area contributed by atoms with Gasteiger partial charge in [0, 0.05) is 38.3 Å². The van der Waals surface area contributed by atoms with Crippen molar-refractivity contribution >= 4 is 11.6 Å². The number of benzene rings is 2. The van der Waals surface area contributed by atoms with Gasteiger partial charge in [0.25, 0.3) is 0 Å². The molecule has 0 bridgehead atoms. The first kappa shape index (κ1) is 17.3. The van der Waals surface area contributed by atoms with E-state index in [0.29, 0.717) is 13.0 Å². The molecule has 1 amide bonds. The van der Waals surface area contributed by atoms with Crippen molar-refractivity contribution in [3.63, 3.8) is 0 Å². The number of rotatable bonds is 6. The van der Waals surface area contributed by atoms with Gasteiger partial charge in [-0.3, -0.25) is 4.79 Å². The van der Waals surface area contributed by atoms with Crippen LogP contribution in [0.4, 0.5) is 5.69 Å². The normalized spacial score (nSPS) is 14.4. The zero-order valence-corrected chi connectivity index (χ0v) is 14.9. The third-order valence-electron chi connectivity index (χ3n) is 4.64. The number of nitrogens with zero attached hydrogens (tertiary/aromatic N) is 2. The maximum Gasteiger partial charge on any atom is 0.222 e. The summed E-state index contributed by atoms with van der Waals surface area (Å²) in [5, 5.41) is 0. The van der Waals surface area contributed by atoms with Crippen molar-refractivity contribution in [1.29, 1.82) is 0 Å². The molecule has 0 saturated carbocycles. The third-order valence-corrected chi connectivity index (χ3v) is 4.64. The number of piperazine rings is 1. The molecule has 0 N–H and O–H groups in total. The first-order chi connectivity index (χ1) is 12.2. The number of para-hydroxylation sites is 2. The van der Waals surface area contributed by atoms with Gasteiger partial charge >= 0.3 is 0 Å². The molecule has 0 aliphatic carbocycles. The van der Waals surface area contributed by atoms with Crippen molar-refractivity contribution < 1.29 is 9.53 Å². The Bertz CT molecular complexity index is 679. The first-order valence-electron chi connectivity index (χ1n) is 9.00. The number of ether oxygens (including phenoxy) is 1. The third kappa shape index (κ3) is 4.75. The summed E-state index contributed by atoms with van der Waals surface area (Å²) in [4.78, 5) is 16.7. The Morgan fingerprint density at radius 2 is 1.64 bits per heavy atom. The standard InChI is InChI=1S/C21H26N2O2/c1-18-8-5-6-11-20(18)22-13-15-23(16-14-22)21(24)12-7-17-25-19-9-3-2-4-10-19/h2-6,8-11H,7,12-17H2,1H3. The highest BCUT2D eigenvalue weighted by Gasteiger charge is 2.21. The van der Waals surface area contributed by atoms with Crippen LogP contribution in [0, 0.1) is 6.92 Å². The number of aryl methyl sites for hydroxylation is 1. The van der Waals surface area contributed by atoms with E-state index in [2.05, 4.69) is 36.1 Å². The first-order valence-corrected chi connectivity index (χ1v) is 9.00. The molecular formula is C21H26N2O2. The second-order valence-electron chi connectivity index (χ2n) is 6.42. The van der Waals surface area contributed by atoms with E-state index in [1.54, 1.807) is 0 Å². The molecule has 0 radical (unpaired) electrons. The summed E-state index contributed by atoms with van der Waals surface area (Å²) in [6.07, 6.45) is 1.31. The Morgan fingerprint density at radius 3 is 2.36 bits per heavy atom. The lowest BCUT2D eigenvalue weighted by Gasteiger charge is -2.36. The minimum Gasteiger partial charge on any atom is -0.494 e. The molecule has 4 nitrogen and oxygen atoms in total. The topological polar surface area (TPSA) is 32.8 Å². The van der Waals surface area contributed by atoms with Crippen LogP contribution in [-0.4, -0.2) is 43.6 Å². The summed E-state index contributed by atoms with van der Waals surface area (Å²) >= 11 is 0. The van der Waals surface area contributed by atoms with Gasteiger partial charge < -0.3 is 14.5 Å². The SMILES string of the molecule is Cc1ccccc1N1CCN(C(=O)CCCOc2ccccc2)CC1. The molecule has 0 aromatic heterocycles. The Kier molecular flexibility index (Phi) is 5.94. The number of carbonyl (C=O) groups excluding carboxylic acids is 1. The molecule has 1 aliphatic heterocycles. The van der Waals surface area contributed by atoms with Crippen LogP contribution in [0.25, 0.3) is 0 Å². The minimum absolute atomic E-state index is 0.237. The lowest BCUT2D eigenvalue weighted by molar-refractivity contribution is -0.131. The molecule has 132 valence electrons. The highest BCUT2D eigenvalue weighted by molar-refractivity contribution is 5.76. The zero-order valence-electron chi connectivity index (χ0n) is 14.9. The van der Waals surface area contributed by atoms with E-state index in [1.165, 1.54) is 11.3 Å². The van der Waals surface area contributed by atoms with Gasteiger partial charge in [0.05, 0.1) is 6.61 Å². The van der Waals surface area contributed by atoms with Gasteiger partial charge in [-0.15, -0.1) is 0 Å². The van der Waals surface area contributed by atoms with Crippen LogP contribution < -0.4 is 9.64 Å². The molecule has 2 aromatic rings. The van der Waals surface area contributed by atoms with Crippen molar-refractivity contribution in [1.82, 2.24) is 4.90 Å². The zero-order chi connectivity index (χ0) is 17.5. The average Bonchev–Trinajstić information content (AvgIpc) is 2.66. The predicted octanol–water partition coefficient (Wildman–Crippen LogP) is 3.50. The van der Waals surface area contributed by atoms with Crippen LogP contribution in [0.3, 0.4) is 0 Å². The molecule has 1 fully saturated rings. The number of anilines is 1. The minimum atomic E-state index is 0.237. The fraction of sp³-hybridized carbons (Fsp3) is 0.381. The van der Waals surface area contributed by atoms with E-state index in [4.69, 9.17) is 4.74 Å². The van der Waals surface area contributed by atoms with E-state index in [1.807, 2.05) is 35.2 Å². The molecule has 0 atom stereocenters. The number of carbonyl (C=O) groups is 1. The van der Waals surface area contributed by atoms with Gasteiger partial charge in [-0.1, -0.05) is 36.4 Å². The highest BCUT2D eigenvalue weighted by Crippen LogP contribution is 2.21. The molecule has 1 saturated heterocycles. The second kappa shape index (κ2) is 8.56. The highest BCUT2D eigenvalue weighted by atomic mass is 16.5.